The van der Waals surface area contributed by atoms with Gasteiger partial charge in [0.15, 0.2) is 0 Å². The fraction of sp³-hybridized carbons (Fsp3) is 0.500. The molecule has 134 valence electrons. The minimum Gasteiger partial charge on any atom is -0.344 e. The van der Waals surface area contributed by atoms with Crippen molar-refractivity contribution in [3.63, 3.8) is 0 Å². The van der Waals surface area contributed by atoms with Crippen LogP contribution in [0.15, 0.2) is 6.07 Å². The highest BCUT2D eigenvalue weighted by atomic mass is 32.1. The summed E-state index contributed by atoms with van der Waals surface area (Å²) in [5, 5.41) is 9.82. The Morgan fingerprint density at radius 1 is 1.20 bits per heavy atom. The second-order valence-electron chi connectivity index (χ2n) is 6.87. The van der Waals surface area contributed by atoms with E-state index in [9.17, 15) is 4.79 Å². The maximum absolute atomic E-state index is 12.7. The molecule has 0 aromatic carbocycles. The molecule has 0 radical (unpaired) electrons. The number of nitrogens with zero attached hydrogens (tertiary/aromatic N) is 3. The van der Waals surface area contributed by atoms with Crippen LogP contribution in [0.5, 0.6) is 0 Å². The van der Waals surface area contributed by atoms with E-state index < -0.39 is 0 Å². The van der Waals surface area contributed by atoms with E-state index in [0.29, 0.717) is 5.92 Å². The molecular weight excluding hydrogens is 352 g/mol. The highest BCUT2D eigenvalue weighted by Crippen LogP contribution is 2.30. The van der Waals surface area contributed by atoms with Crippen LogP contribution in [-0.4, -0.2) is 20.7 Å². The van der Waals surface area contributed by atoms with Gasteiger partial charge < -0.3 is 5.32 Å². The maximum atomic E-state index is 12.7. The number of fused-ring (bicyclic) bond motifs is 1. The highest BCUT2D eigenvalue weighted by molar-refractivity contribution is 7.20. The Kier molecular flexibility index (Phi) is 4.97. The normalized spacial score (nSPS) is 12.9. The lowest BCUT2D eigenvalue weighted by atomic mass is 10.2. The summed E-state index contributed by atoms with van der Waals surface area (Å²) >= 11 is 3.16. The van der Waals surface area contributed by atoms with E-state index in [0.717, 1.165) is 42.9 Å². The first-order valence-corrected chi connectivity index (χ1v) is 10.1. The topological polar surface area (TPSA) is 59.8 Å². The minimum atomic E-state index is -0.0443. The van der Waals surface area contributed by atoms with E-state index >= 15 is 0 Å². The third-order valence-corrected chi connectivity index (χ3v) is 6.45. The van der Waals surface area contributed by atoms with Crippen molar-refractivity contribution in [1.82, 2.24) is 20.1 Å². The van der Waals surface area contributed by atoms with Crippen molar-refractivity contribution in [3.05, 3.63) is 32.2 Å². The summed E-state index contributed by atoms with van der Waals surface area (Å²) < 4.78 is 2.02. The number of thiazole rings is 1. The van der Waals surface area contributed by atoms with E-state index in [1.807, 2.05) is 38.4 Å². The van der Waals surface area contributed by atoms with Gasteiger partial charge in [0.1, 0.15) is 4.83 Å². The molecule has 1 N–H and O–H groups in total. The number of amides is 1. The number of hydrogen-bond donors (Lipinski definition) is 1. The van der Waals surface area contributed by atoms with Gasteiger partial charge in [-0.05, 0) is 39.7 Å². The fourth-order valence-corrected chi connectivity index (χ4v) is 4.98. The molecule has 3 aromatic rings. The lowest BCUT2D eigenvalue weighted by Gasteiger charge is -2.12. The molecule has 3 heterocycles. The second-order valence-corrected chi connectivity index (χ2v) is 9.13. The van der Waals surface area contributed by atoms with Gasteiger partial charge in [0.05, 0.1) is 27.3 Å². The zero-order valence-electron chi connectivity index (χ0n) is 15.5. The van der Waals surface area contributed by atoms with Gasteiger partial charge in [0, 0.05) is 16.8 Å². The van der Waals surface area contributed by atoms with Crippen LogP contribution in [0.3, 0.4) is 0 Å². The molecule has 3 rings (SSSR count). The average Bonchev–Trinajstić information content (AvgIpc) is 3.15. The van der Waals surface area contributed by atoms with E-state index in [2.05, 4.69) is 29.2 Å². The summed E-state index contributed by atoms with van der Waals surface area (Å²) in [5.41, 5.74) is 1.97. The quantitative estimate of drug-likeness (QED) is 0.706. The molecule has 1 atom stereocenters. The number of aromatic nitrogens is 3. The van der Waals surface area contributed by atoms with Gasteiger partial charge in [-0.25, -0.2) is 4.98 Å². The molecule has 0 fully saturated rings. The van der Waals surface area contributed by atoms with Crippen LogP contribution in [0.2, 0.25) is 0 Å². The van der Waals surface area contributed by atoms with Crippen LogP contribution >= 0.6 is 22.7 Å². The van der Waals surface area contributed by atoms with E-state index in [1.165, 1.54) is 11.3 Å². The third-order valence-electron chi connectivity index (χ3n) is 4.05. The Morgan fingerprint density at radius 3 is 2.52 bits per heavy atom. The van der Waals surface area contributed by atoms with Crippen LogP contribution in [-0.2, 0) is 6.54 Å². The zero-order chi connectivity index (χ0) is 18.3. The van der Waals surface area contributed by atoms with E-state index in [4.69, 9.17) is 0 Å². The Morgan fingerprint density at radius 2 is 1.92 bits per heavy atom. The Hall–Kier alpha value is -1.73. The molecular formula is C18H24N4OS2. The van der Waals surface area contributed by atoms with E-state index in [1.54, 1.807) is 11.3 Å². The van der Waals surface area contributed by atoms with Crippen molar-refractivity contribution in [1.29, 1.82) is 0 Å². The molecule has 0 aliphatic rings. The molecule has 0 saturated carbocycles. The van der Waals surface area contributed by atoms with E-state index in [-0.39, 0.29) is 11.9 Å². The molecule has 3 aromatic heterocycles. The average molecular weight is 377 g/mol. The summed E-state index contributed by atoms with van der Waals surface area (Å²) in [6.07, 6.45) is 0. The van der Waals surface area contributed by atoms with Crippen molar-refractivity contribution in [2.45, 2.75) is 54.1 Å². The van der Waals surface area contributed by atoms with Crippen LogP contribution in [0.25, 0.3) is 10.2 Å². The summed E-state index contributed by atoms with van der Waals surface area (Å²) in [7, 11) is 0. The fourth-order valence-electron chi connectivity index (χ4n) is 2.98. The summed E-state index contributed by atoms with van der Waals surface area (Å²) in [6.45, 7) is 13.2. The van der Waals surface area contributed by atoms with Gasteiger partial charge in [0.25, 0.3) is 5.91 Å². The van der Waals surface area contributed by atoms with Crippen LogP contribution in [0.4, 0.5) is 0 Å². The largest absolute Gasteiger partial charge is 0.344 e. The van der Waals surface area contributed by atoms with Crippen molar-refractivity contribution in [2.24, 2.45) is 5.92 Å². The van der Waals surface area contributed by atoms with Gasteiger partial charge >= 0.3 is 0 Å². The molecule has 7 heteroatoms. The summed E-state index contributed by atoms with van der Waals surface area (Å²) in [5.74, 6) is 0.481. The van der Waals surface area contributed by atoms with Crippen molar-refractivity contribution < 1.29 is 4.79 Å². The molecule has 0 saturated heterocycles. The highest BCUT2D eigenvalue weighted by Gasteiger charge is 2.20. The van der Waals surface area contributed by atoms with Crippen molar-refractivity contribution >= 4 is 38.8 Å². The van der Waals surface area contributed by atoms with Gasteiger partial charge in [-0.2, -0.15) is 5.10 Å². The van der Waals surface area contributed by atoms with Gasteiger partial charge in [0.2, 0.25) is 0 Å². The number of hydrogen-bond acceptors (Lipinski definition) is 5. The van der Waals surface area contributed by atoms with Gasteiger partial charge in [-0.3, -0.25) is 9.48 Å². The molecule has 1 unspecified atom stereocenters. The zero-order valence-corrected chi connectivity index (χ0v) is 17.1. The van der Waals surface area contributed by atoms with Crippen LogP contribution < -0.4 is 5.32 Å². The Balaban J connectivity index is 1.83. The Labute approximate surface area is 156 Å². The van der Waals surface area contributed by atoms with Gasteiger partial charge in [-0.15, -0.1) is 22.7 Å². The monoisotopic (exact) mass is 376 g/mol. The smallest absolute Gasteiger partial charge is 0.261 e. The number of carbonyl (C=O) groups excluding carboxylic acids is 1. The van der Waals surface area contributed by atoms with Gasteiger partial charge in [-0.1, -0.05) is 13.8 Å². The predicted molar refractivity (Wildman–Crippen MR) is 105 cm³/mol. The molecule has 1 amide bonds. The first kappa shape index (κ1) is 18.1. The third kappa shape index (κ3) is 3.62. The second kappa shape index (κ2) is 6.88. The molecule has 5 nitrogen and oxygen atoms in total. The number of nitrogens with one attached hydrogen (secondary N) is 1. The molecule has 25 heavy (non-hydrogen) atoms. The summed E-state index contributed by atoms with van der Waals surface area (Å²) in [6, 6.07) is 1.92. The Bertz CT molecular complexity index is 919. The lowest BCUT2D eigenvalue weighted by Crippen LogP contribution is -2.25. The standard InChI is InChI=1S/C18H24N4OS2/c1-9(2)8-22-18-14(10(3)21-22)7-15(25-18)17(23)20-12(5)16-11(4)19-13(6)24-16/h7,9,12H,8H2,1-6H3,(H,20,23). The first-order valence-electron chi connectivity index (χ1n) is 8.48. The molecule has 0 bridgehead atoms. The number of carbonyl (C=O) groups is 1. The van der Waals surface area contributed by atoms with Crippen LogP contribution in [0, 0.1) is 26.7 Å². The van der Waals surface area contributed by atoms with Crippen LogP contribution in [0.1, 0.15) is 57.8 Å². The van der Waals surface area contributed by atoms with Crippen molar-refractivity contribution in [2.75, 3.05) is 0 Å². The predicted octanol–water partition coefficient (Wildman–Crippen LogP) is 4.63. The molecule has 0 spiro atoms. The number of thiophene rings is 1. The minimum absolute atomic E-state index is 0.0327. The summed E-state index contributed by atoms with van der Waals surface area (Å²) in [4.78, 5) is 20.1. The number of rotatable bonds is 5. The maximum Gasteiger partial charge on any atom is 0.261 e. The molecule has 0 aliphatic carbocycles. The number of aryl methyl sites for hydroxylation is 3. The van der Waals surface area contributed by atoms with Crippen molar-refractivity contribution in [3.8, 4) is 0 Å². The lowest BCUT2D eigenvalue weighted by molar-refractivity contribution is 0.0944. The SMILES string of the molecule is Cc1nc(C)c(C(C)NC(=O)c2cc3c(C)nn(CC(C)C)c3s2)s1. The first-order chi connectivity index (χ1) is 11.8. The molecule has 0 aliphatic heterocycles.